The van der Waals surface area contributed by atoms with Crippen molar-refractivity contribution in [3.8, 4) is 0 Å². The van der Waals surface area contributed by atoms with Crippen molar-refractivity contribution < 1.29 is 4.79 Å². The van der Waals surface area contributed by atoms with Gasteiger partial charge >= 0.3 is 0 Å². The largest absolute Gasteiger partial charge is 0.353 e. The molecule has 2 rings (SSSR count). The molecule has 2 nitrogen and oxygen atoms in total. The second-order valence-corrected chi connectivity index (χ2v) is 7.37. The number of nitrogens with one attached hydrogen (secondary N) is 1. The normalized spacial score (nSPS) is 30.7. The van der Waals surface area contributed by atoms with E-state index in [-0.39, 0.29) is 0 Å². The van der Waals surface area contributed by atoms with Gasteiger partial charge < -0.3 is 5.32 Å². The smallest absolute Gasteiger partial charge is 0.220 e. The number of carbonyl (C=O) groups excluding carboxylic acids is 1. The van der Waals surface area contributed by atoms with Crippen LogP contribution in [-0.2, 0) is 4.79 Å². The van der Waals surface area contributed by atoms with Crippen LogP contribution in [0.4, 0.5) is 0 Å². The van der Waals surface area contributed by atoms with Crippen molar-refractivity contribution in [2.75, 3.05) is 0 Å². The van der Waals surface area contributed by atoms with Gasteiger partial charge in [0.05, 0.1) is 0 Å². The minimum Gasteiger partial charge on any atom is -0.353 e. The summed E-state index contributed by atoms with van der Waals surface area (Å²) in [7, 11) is 0. The molecule has 0 spiro atoms. The van der Waals surface area contributed by atoms with E-state index < -0.39 is 0 Å². The lowest BCUT2D eigenvalue weighted by Crippen LogP contribution is -2.38. The summed E-state index contributed by atoms with van der Waals surface area (Å²) < 4.78 is 0. The third kappa shape index (κ3) is 4.91. The molecule has 1 amide bonds. The van der Waals surface area contributed by atoms with E-state index in [0.717, 1.165) is 19.3 Å². The Morgan fingerprint density at radius 2 is 1.56 bits per heavy atom. The van der Waals surface area contributed by atoms with Crippen LogP contribution >= 0.6 is 15.9 Å². The average molecular weight is 316 g/mol. The van der Waals surface area contributed by atoms with Crippen LogP contribution < -0.4 is 5.32 Å². The van der Waals surface area contributed by atoms with Gasteiger partial charge in [-0.3, -0.25) is 4.79 Å². The maximum absolute atomic E-state index is 12.1. The summed E-state index contributed by atoms with van der Waals surface area (Å²) >= 11 is 3.66. The van der Waals surface area contributed by atoms with Crippen molar-refractivity contribution in [1.82, 2.24) is 5.32 Å². The van der Waals surface area contributed by atoms with Gasteiger partial charge in [-0.25, -0.2) is 0 Å². The molecule has 2 aliphatic rings. The molecular weight excluding hydrogens is 290 g/mol. The maximum Gasteiger partial charge on any atom is 0.220 e. The second kappa shape index (κ2) is 7.52. The van der Waals surface area contributed by atoms with Gasteiger partial charge in [-0.2, -0.15) is 0 Å². The van der Waals surface area contributed by atoms with E-state index in [1.165, 1.54) is 51.4 Å². The van der Waals surface area contributed by atoms with E-state index in [4.69, 9.17) is 0 Å². The number of carbonyl (C=O) groups is 1. The molecule has 0 heterocycles. The zero-order valence-electron chi connectivity index (χ0n) is 11.3. The summed E-state index contributed by atoms with van der Waals surface area (Å²) in [5.74, 6) is 0.958. The van der Waals surface area contributed by atoms with E-state index in [2.05, 4.69) is 21.2 Å². The van der Waals surface area contributed by atoms with Crippen LogP contribution in [-0.4, -0.2) is 16.8 Å². The molecule has 0 aromatic rings. The van der Waals surface area contributed by atoms with Crippen LogP contribution in [0, 0.1) is 5.92 Å². The summed E-state index contributed by atoms with van der Waals surface area (Å²) in [4.78, 5) is 12.7. The van der Waals surface area contributed by atoms with E-state index in [0.29, 0.717) is 22.7 Å². The molecule has 0 radical (unpaired) electrons. The molecule has 18 heavy (non-hydrogen) atoms. The lowest BCUT2D eigenvalue weighted by molar-refractivity contribution is -0.123. The molecule has 2 aliphatic carbocycles. The van der Waals surface area contributed by atoms with Crippen molar-refractivity contribution in [3.63, 3.8) is 0 Å². The first kappa shape index (κ1) is 14.4. The van der Waals surface area contributed by atoms with Crippen molar-refractivity contribution in [2.24, 2.45) is 5.92 Å². The minimum absolute atomic E-state index is 0.305. The average Bonchev–Trinajstić information content (AvgIpc) is 2.61. The molecule has 2 saturated carbocycles. The molecule has 0 saturated heterocycles. The molecule has 0 atom stereocenters. The van der Waals surface area contributed by atoms with Crippen LogP contribution in [0.1, 0.15) is 70.6 Å². The third-order valence-corrected chi connectivity index (χ3v) is 5.39. The molecule has 104 valence electrons. The fraction of sp³-hybridized carbons (Fsp3) is 0.933. The monoisotopic (exact) mass is 315 g/mol. The maximum atomic E-state index is 12.1. The van der Waals surface area contributed by atoms with Gasteiger partial charge in [0.15, 0.2) is 0 Å². The Kier molecular flexibility index (Phi) is 6.00. The van der Waals surface area contributed by atoms with Gasteiger partial charge in [-0.05, 0) is 44.4 Å². The molecule has 3 heteroatoms. The highest BCUT2D eigenvalue weighted by Crippen LogP contribution is 2.27. The van der Waals surface area contributed by atoms with Crippen molar-refractivity contribution >= 4 is 21.8 Å². The van der Waals surface area contributed by atoms with Crippen molar-refractivity contribution in [3.05, 3.63) is 0 Å². The van der Waals surface area contributed by atoms with Gasteiger partial charge in [0.2, 0.25) is 5.91 Å². The van der Waals surface area contributed by atoms with E-state index >= 15 is 0 Å². The highest BCUT2D eigenvalue weighted by Gasteiger charge is 2.22. The standard InChI is InChI=1S/C15H26BrNO/c16-13-7-9-14(10-8-13)17-15(18)11-12-5-3-1-2-4-6-12/h12-14H,1-11H2,(H,17,18). The number of hydrogen-bond donors (Lipinski definition) is 1. The lowest BCUT2D eigenvalue weighted by Gasteiger charge is -2.26. The highest BCUT2D eigenvalue weighted by atomic mass is 79.9. The zero-order chi connectivity index (χ0) is 12.8. The Labute approximate surface area is 119 Å². The first-order chi connectivity index (χ1) is 8.74. The Bertz CT molecular complexity index is 253. The fourth-order valence-electron chi connectivity index (χ4n) is 3.31. The number of amides is 1. The molecule has 0 aromatic carbocycles. The van der Waals surface area contributed by atoms with Crippen LogP contribution in [0.3, 0.4) is 0 Å². The summed E-state index contributed by atoms with van der Waals surface area (Å²) in [5, 5.41) is 3.25. The van der Waals surface area contributed by atoms with Crippen molar-refractivity contribution in [1.29, 1.82) is 0 Å². The second-order valence-electron chi connectivity index (χ2n) is 6.08. The van der Waals surface area contributed by atoms with E-state index in [9.17, 15) is 4.79 Å². The Morgan fingerprint density at radius 3 is 2.17 bits per heavy atom. The summed E-state index contributed by atoms with van der Waals surface area (Å²) in [6.45, 7) is 0. The van der Waals surface area contributed by atoms with E-state index in [1.807, 2.05) is 0 Å². The molecule has 0 aromatic heterocycles. The number of alkyl halides is 1. The quantitative estimate of drug-likeness (QED) is 0.614. The first-order valence-electron chi connectivity index (χ1n) is 7.67. The molecule has 0 bridgehead atoms. The minimum atomic E-state index is 0.305. The number of rotatable bonds is 3. The number of halogens is 1. The Hall–Kier alpha value is -0.0500. The number of hydrogen-bond acceptors (Lipinski definition) is 1. The Morgan fingerprint density at radius 1 is 0.944 bits per heavy atom. The highest BCUT2D eigenvalue weighted by molar-refractivity contribution is 9.09. The third-order valence-electron chi connectivity index (χ3n) is 4.47. The SMILES string of the molecule is O=C(CC1CCCCCC1)NC1CCC(Br)CC1. The summed E-state index contributed by atoms with van der Waals surface area (Å²) in [5.41, 5.74) is 0. The van der Waals surface area contributed by atoms with Crippen LogP contribution in [0.2, 0.25) is 0 Å². The van der Waals surface area contributed by atoms with Crippen LogP contribution in [0.25, 0.3) is 0 Å². The molecule has 2 fully saturated rings. The molecule has 0 unspecified atom stereocenters. The van der Waals surface area contributed by atoms with Crippen LogP contribution in [0.5, 0.6) is 0 Å². The molecule has 0 aliphatic heterocycles. The predicted octanol–water partition coefficient (Wildman–Crippen LogP) is 4.17. The zero-order valence-corrected chi connectivity index (χ0v) is 12.9. The van der Waals surface area contributed by atoms with Gasteiger partial charge in [0, 0.05) is 17.3 Å². The summed E-state index contributed by atoms with van der Waals surface area (Å²) in [6, 6.07) is 0.442. The fourth-order valence-corrected chi connectivity index (χ4v) is 3.84. The van der Waals surface area contributed by atoms with E-state index in [1.54, 1.807) is 0 Å². The molecular formula is C15H26BrNO. The van der Waals surface area contributed by atoms with Gasteiger partial charge in [-0.15, -0.1) is 0 Å². The van der Waals surface area contributed by atoms with Crippen LogP contribution in [0.15, 0.2) is 0 Å². The van der Waals surface area contributed by atoms with Gasteiger partial charge in [0.1, 0.15) is 0 Å². The Balaban J connectivity index is 1.67. The van der Waals surface area contributed by atoms with Gasteiger partial charge in [0.25, 0.3) is 0 Å². The lowest BCUT2D eigenvalue weighted by atomic mass is 9.93. The summed E-state index contributed by atoms with van der Waals surface area (Å²) in [6.07, 6.45) is 13.4. The predicted molar refractivity (Wildman–Crippen MR) is 78.9 cm³/mol. The molecule has 1 N–H and O–H groups in total. The van der Waals surface area contributed by atoms with Crippen molar-refractivity contribution in [2.45, 2.75) is 81.5 Å². The first-order valence-corrected chi connectivity index (χ1v) is 8.59. The topological polar surface area (TPSA) is 29.1 Å². The van der Waals surface area contributed by atoms with Gasteiger partial charge in [-0.1, -0.05) is 41.6 Å².